The number of ether oxygens (including phenoxy) is 1. The zero-order chi connectivity index (χ0) is 13.5. The third-order valence-electron chi connectivity index (χ3n) is 3.28. The van der Waals surface area contributed by atoms with Crippen molar-refractivity contribution >= 4 is 5.91 Å². The van der Waals surface area contributed by atoms with Crippen molar-refractivity contribution in [2.75, 3.05) is 52.5 Å². The number of nitrogens with zero attached hydrogens (tertiary/aromatic N) is 2. The first-order chi connectivity index (χ1) is 9.31. The van der Waals surface area contributed by atoms with E-state index in [1.165, 1.54) is 0 Å². The van der Waals surface area contributed by atoms with Gasteiger partial charge in [0.2, 0.25) is 0 Å². The molecule has 106 valence electrons. The van der Waals surface area contributed by atoms with Gasteiger partial charge in [-0.05, 0) is 12.1 Å². The Morgan fingerprint density at radius 1 is 1.42 bits per heavy atom. The molecule has 1 amide bonds. The van der Waals surface area contributed by atoms with Gasteiger partial charge < -0.3 is 19.7 Å². The molecule has 1 aliphatic heterocycles. The smallest absolute Gasteiger partial charge is 0.270 e. The van der Waals surface area contributed by atoms with E-state index in [2.05, 4.69) is 9.88 Å². The third kappa shape index (κ3) is 4.05. The van der Waals surface area contributed by atoms with Gasteiger partial charge in [0.1, 0.15) is 5.69 Å². The highest BCUT2D eigenvalue weighted by Gasteiger charge is 2.18. The van der Waals surface area contributed by atoms with Gasteiger partial charge in [0.25, 0.3) is 5.91 Å². The minimum atomic E-state index is -0.0627. The van der Waals surface area contributed by atoms with E-state index < -0.39 is 0 Å². The van der Waals surface area contributed by atoms with Crippen molar-refractivity contribution in [1.29, 1.82) is 0 Å². The van der Waals surface area contributed by atoms with E-state index in [1.807, 2.05) is 0 Å². The number of aliphatic hydroxyl groups excluding tert-OH is 1. The number of aromatic nitrogens is 1. The SMILES string of the molecule is O=C(c1ccc[nH]1)N(CCO)CCN1CCOCC1. The first-order valence-corrected chi connectivity index (χ1v) is 6.65. The predicted molar refractivity (Wildman–Crippen MR) is 71.0 cm³/mol. The molecule has 0 atom stereocenters. The minimum absolute atomic E-state index is 0.0183. The third-order valence-corrected chi connectivity index (χ3v) is 3.28. The molecule has 0 aromatic carbocycles. The number of nitrogens with one attached hydrogen (secondary N) is 1. The fourth-order valence-electron chi connectivity index (χ4n) is 2.16. The van der Waals surface area contributed by atoms with Crippen LogP contribution in [0.1, 0.15) is 10.5 Å². The van der Waals surface area contributed by atoms with E-state index in [4.69, 9.17) is 9.84 Å². The summed E-state index contributed by atoms with van der Waals surface area (Å²) in [5.41, 5.74) is 0.565. The summed E-state index contributed by atoms with van der Waals surface area (Å²) in [6.45, 7) is 5.11. The Morgan fingerprint density at radius 2 is 2.21 bits per heavy atom. The molecule has 6 nitrogen and oxygen atoms in total. The fraction of sp³-hybridized carbons (Fsp3) is 0.615. The van der Waals surface area contributed by atoms with Gasteiger partial charge in [-0.25, -0.2) is 0 Å². The van der Waals surface area contributed by atoms with Crippen molar-refractivity contribution < 1.29 is 14.6 Å². The van der Waals surface area contributed by atoms with Crippen LogP contribution >= 0.6 is 0 Å². The van der Waals surface area contributed by atoms with E-state index in [9.17, 15) is 4.79 Å². The Labute approximate surface area is 113 Å². The maximum absolute atomic E-state index is 12.2. The summed E-state index contributed by atoms with van der Waals surface area (Å²) < 4.78 is 5.29. The first-order valence-electron chi connectivity index (χ1n) is 6.65. The van der Waals surface area contributed by atoms with E-state index in [1.54, 1.807) is 23.2 Å². The fourth-order valence-corrected chi connectivity index (χ4v) is 2.16. The van der Waals surface area contributed by atoms with Crippen molar-refractivity contribution in [3.8, 4) is 0 Å². The molecule has 19 heavy (non-hydrogen) atoms. The number of hydrogen-bond donors (Lipinski definition) is 2. The summed E-state index contributed by atoms with van der Waals surface area (Å²) in [5, 5.41) is 9.08. The van der Waals surface area contributed by atoms with Gasteiger partial charge in [-0.3, -0.25) is 9.69 Å². The lowest BCUT2D eigenvalue weighted by Gasteiger charge is -2.29. The molecular weight excluding hydrogens is 246 g/mol. The first kappa shape index (κ1) is 14.0. The number of morpholine rings is 1. The Kier molecular flexibility index (Phi) is 5.38. The minimum Gasteiger partial charge on any atom is -0.395 e. The quantitative estimate of drug-likeness (QED) is 0.748. The molecule has 0 saturated carbocycles. The molecule has 0 radical (unpaired) electrons. The molecule has 2 heterocycles. The molecule has 1 fully saturated rings. The molecular formula is C13H21N3O3. The van der Waals surface area contributed by atoms with Gasteiger partial charge in [0.15, 0.2) is 0 Å². The average molecular weight is 267 g/mol. The Bertz CT molecular complexity index is 374. The summed E-state index contributed by atoms with van der Waals surface area (Å²) >= 11 is 0. The zero-order valence-corrected chi connectivity index (χ0v) is 11.0. The molecule has 0 aliphatic carbocycles. The zero-order valence-electron chi connectivity index (χ0n) is 11.0. The van der Waals surface area contributed by atoms with Gasteiger partial charge in [-0.1, -0.05) is 0 Å². The van der Waals surface area contributed by atoms with Crippen LogP contribution in [-0.4, -0.2) is 78.3 Å². The second-order valence-electron chi connectivity index (χ2n) is 4.55. The number of rotatable bonds is 6. The lowest BCUT2D eigenvalue weighted by Crippen LogP contribution is -2.44. The number of H-pyrrole nitrogens is 1. The standard InChI is InChI=1S/C13H21N3O3/c17-9-6-16(13(18)12-2-1-3-14-12)5-4-15-7-10-19-11-8-15/h1-3,14,17H,4-11H2. The van der Waals surface area contributed by atoms with Crippen molar-refractivity contribution in [3.63, 3.8) is 0 Å². The van der Waals surface area contributed by atoms with Gasteiger partial charge in [0, 0.05) is 38.9 Å². The molecule has 1 aromatic heterocycles. The highest BCUT2D eigenvalue weighted by molar-refractivity contribution is 5.92. The molecule has 0 bridgehead atoms. The molecule has 1 aliphatic rings. The van der Waals surface area contributed by atoms with Crippen LogP contribution in [0, 0.1) is 0 Å². The number of carbonyl (C=O) groups is 1. The van der Waals surface area contributed by atoms with Gasteiger partial charge in [0.05, 0.1) is 19.8 Å². The number of carbonyl (C=O) groups excluding carboxylic acids is 1. The van der Waals surface area contributed by atoms with Crippen LogP contribution in [0.3, 0.4) is 0 Å². The van der Waals surface area contributed by atoms with Crippen LogP contribution in [0.4, 0.5) is 0 Å². The van der Waals surface area contributed by atoms with Crippen LogP contribution in [-0.2, 0) is 4.74 Å². The van der Waals surface area contributed by atoms with Crippen molar-refractivity contribution in [2.45, 2.75) is 0 Å². The largest absolute Gasteiger partial charge is 0.395 e. The molecule has 2 rings (SSSR count). The molecule has 1 saturated heterocycles. The van der Waals surface area contributed by atoms with Crippen molar-refractivity contribution in [2.24, 2.45) is 0 Å². The maximum atomic E-state index is 12.2. The predicted octanol–water partition coefficient (Wildman–Crippen LogP) is -0.219. The Morgan fingerprint density at radius 3 is 2.84 bits per heavy atom. The maximum Gasteiger partial charge on any atom is 0.270 e. The van der Waals surface area contributed by atoms with Crippen LogP contribution < -0.4 is 0 Å². The van der Waals surface area contributed by atoms with Crippen LogP contribution in [0.15, 0.2) is 18.3 Å². The van der Waals surface area contributed by atoms with Gasteiger partial charge in [-0.15, -0.1) is 0 Å². The highest BCUT2D eigenvalue weighted by Crippen LogP contribution is 2.03. The Balaban J connectivity index is 1.86. The molecule has 2 N–H and O–H groups in total. The Hall–Kier alpha value is -1.37. The molecule has 0 spiro atoms. The van der Waals surface area contributed by atoms with Crippen molar-refractivity contribution in [3.05, 3.63) is 24.0 Å². The van der Waals surface area contributed by atoms with Crippen molar-refractivity contribution in [1.82, 2.24) is 14.8 Å². The van der Waals surface area contributed by atoms with E-state index >= 15 is 0 Å². The molecule has 0 unspecified atom stereocenters. The lowest BCUT2D eigenvalue weighted by atomic mass is 10.3. The number of aromatic amines is 1. The van der Waals surface area contributed by atoms with Crippen LogP contribution in [0.2, 0.25) is 0 Å². The summed E-state index contributed by atoms with van der Waals surface area (Å²) in [4.78, 5) is 19.1. The summed E-state index contributed by atoms with van der Waals surface area (Å²) in [6.07, 6.45) is 1.73. The number of hydrogen-bond acceptors (Lipinski definition) is 4. The number of amides is 1. The van der Waals surface area contributed by atoms with E-state index in [-0.39, 0.29) is 12.5 Å². The van der Waals surface area contributed by atoms with Crippen LogP contribution in [0.5, 0.6) is 0 Å². The van der Waals surface area contributed by atoms with Gasteiger partial charge >= 0.3 is 0 Å². The number of aliphatic hydroxyl groups is 1. The van der Waals surface area contributed by atoms with Gasteiger partial charge in [-0.2, -0.15) is 0 Å². The molecule has 1 aromatic rings. The average Bonchev–Trinajstić information content (AvgIpc) is 2.98. The van der Waals surface area contributed by atoms with Crippen LogP contribution in [0.25, 0.3) is 0 Å². The highest BCUT2D eigenvalue weighted by atomic mass is 16.5. The second kappa shape index (κ2) is 7.28. The van der Waals surface area contributed by atoms with E-state index in [0.29, 0.717) is 18.8 Å². The lowest BCUT2D eigenvalue weighted by molar-refractivity contribution is 0.0314. The second-order valence-corrected chi connectivity index (χ2v) is 4.55. The molecule has 6 heteroatoms. The summed E-state index contributed by atoms with van der Waals surface area (Å²) in [6, 6.07) is 3.55. The summed E-state index contributed by atoms with van der Waals surface area (Å²) in [7, 11) is 0. The monoisotopic (exact) mass is 267 g/mol. The topological polar surface area (TPSA) is 68.8 Å². The normalized spacial score (nSPS) is 16.5. The van der Waals surface area contributed by atoms with E-state index in [0.717, 1.165) is 32.8 Å². The summed E-state index contributed by atoms with van der Waals surface area (Å²) in [5.74, 6) is -0.0627.